The fraction of sp³-hybridized carbons (Fsp3) is 0.300. The molecule has 0 aliphatic heterocycles. The number of thioether (sulfide) groups is 1. The summed E-state index contributed by atoms with van der Waals surface area (Å²) in [5.41, 5.74) is 0.938. The molecule has 0 saturated heterocycles. The molecule has 42 heavy (non-hydrogen) atoms. The molecule has 3 aromatic rings. The number of carboxylic acid groups (broad SMARTS) is 2. The number of carbonyl (C=O) groups excluding carboxylic acids is 3. The number of aromatic carboxylic acids is 2. The predicted octanol–water partition coefficient (Wildman–Crippen LogP) is 5.96. The fourth-order valence-corrected chi connectivity index (χ4v) is 6.70. The van der Waals surface area contributed by atoms with Gasteiger partial charge < -0.3 is 25.6 Å². The van der Waals surface area contributed by atoms with Gasteiger partial charge in [0.05, 0.1) is 34.6 Å². The van der Waals surface area contributed by atoms with Crippen LogP contribution in [0.25, 0.3) is 0 Å². The first-order valence-corrected chi connectivity index (χ1v) is 15.2. The van der Waals surface area contributed by atoms with Crippen molar-refractivity contribution in [1.29, 1.82) is 0 Å². The number of esters is 1. The largest absolute Gasteiger partial charge is 0.478 e. The number of carboxylic acids is 2. The predicted molar refractivity (Wildman–Crippen MR) is 160 cm³/mol. The van der Waals surface area contributed by atoms with E-state index >= 15 is 0 Å². The van der Waals surface area contributed by atoms with Crippen LogP contribution in [0.15, 0.2) is 47.4 Å². The third kappa shape index (κ3) is 7.56. The Morgan fingerprint density at radius 3 is 2.38 bits per heavy atom. The average molecular weight is 611 g/mol. The van der Waals surface area contributed by atoms with Crippen LogP contribution in [-0.4, -0.2) is 52.3 Å². The SMILES string of the molecule is CCOC(=O)c1c(NC(=O)CSc2cccc(NC(=O)c3ccc(C(=O)O)cc3C(=O)O)c2)sc2c1CCCCCC2. The van der Waals surface area contributed by atoms with Crippen molar-refractivity contribution in [1.82, 2.24) is 0 Å². The molecule has 4 N–H and O–H groups in total. The normalized spacial score (nSPS) is 12.8. The van der Waals surface area contributed by atoms with Crippen molar-refractivity contribution in [3.63, 3.8) is 0 Å². The van der Waals surface area contributed by atoms with Crippen molar-refractivity contribution in [2.24, 2.45) is 0 Å². The van der Waals surface area contributed by atoms with Crippen LogP contribution in [0.1, 0.15) is 84.5 Å². The number of benzene rings is 2. The maximum Gasteiger partial charge on any atom is 0.341 e. The number of anilines is 2. The number of amides is 2. The van der Waals surface area contributed by atoms with Crippen molar-refractivity contribution >= 4 is 63.5 Å². The second kappa shape index (κ2) is 14.1. The lowest BCUT2D eigenvalue weighted by atomic mass is 9.96. The summed E-state index contributed by atoms with van der Waals surface area (Å²) in [5.74, 6) is -4.13. The number of ether oxygens (including phenoxy) is 1. The maximum absolute atomic E-state index is 12.9. The molecule has 0 bridgehead atoms. The monoisotopic (exact) mass is 610 g/mol. The molecular formula is C30H30N2O8S2. The van der Waals surface area contributed by atoms with E-state index in [4.69, 9.17) is 9.84 Å². The molecule has 0 fully saturated rings. The van der Waals surface area contributed by atoms with Crippen LogP contribution >= 0.6 is 23.1 Å². The summed E-state index contributed by atoms with van der Waals surface area (Å²) in [5, 5.41) is 24.6. The molecule has 1 aromatic heterocycles. The van der Waals surface area contributed by atoms with E-state index in [1.807, 2.05) is 0 Å². The smallest absolute Gasteiger partial charge is 0.341 e. The second-order valence-electron chi connectivity index (χ2n) is 9.53. The molecule has 0 spiro atoms. The van der Waals surface area contributed by atoms with Crippen molar-refractivity contribution in [3.8, 4) is 0 Å². The highest BCUT2D eigenvalue weighted by atomic mass is 32.2. The first-order valence-electron chi connectivity index (χ1n) is 13.4. The van der Waals surface area contributed by atoms with Crippen LogP contribution in [0, 0.1) is 0 Å². The van der Waals surface area contributed by atoms with Crippen molar-refractivity contribution < 1.29 is 38.9 Å². The van der Waals surface area contributed by atoms with Crippen LogP contribution in [0.4, 0.5) is 10.7 Å². The minimum absolute atomic E-state index is 0.0437. The van der Waals surface area contributed by atoms with E-state index < -0.39 is 29.4 Å². The van der Waals surface area contributed by atoms with Gasteiger partial charge in [0, 0.05) is 15.5 Å². The van der Waals surface area contributed by atoms with E-state index in [-0.39, 0.29) is 29.4 Å². The van der Waals surface area contributed by atoms with E-state index in [2.05, 4.69) is 10.6 Å². The Kier molecular flexibility index (Phi) is 10.4. The zero-order chi connectivity index (χ0) is 30.2. The van der Waals surface area contributed by atoms with Crippen LogP contribution in [0.2, 0.25) is 0 Å². The van der Waals surface area contributed by atoms with Gasteiger partial charge in [-0.25, -0.2) is 14.4 Å². The van der Waals surface area contributed by atoms with E-state index in [1.54, 1.807) is 31.2 Å². The second-order valence-corrected chi connectivity index (χ2v) is 11.7. The van der Waals surface area contributed by atoms with Crippen LogP contribution in [0.5, 0.6) is 0 Å². The lowest BCUT2D eigenvalue weighted by molar-refractivity contribution is -0.113. The highest BCUT2D eigenvalue weighted by Crippen LogP contribution is 2.38. The molecule has 0 atom stereocenters. The van der Waals surface area contributed by atoms with E-state index in [9.17, 15) is 29.1 Å². The molecule has 4 rings (SSSR count). The summed E-state index contributed by atoms with van der Waals surface area (Å²) in [6, 6.07) is 9.95. The molecule has 10 nitrogen and oxygen atoms in total. The van der Waals surface area contributed by atoms with Crippen LogP contribution < -0.4 is 10.6 Å². The van der Waals surface area contributed by atoms with Gasteiger partial charge in [0.1, 0.15) is 5.00 Å². The van der Waals surface area contributed by atoms with Crippen LogP contribution in [0.3, 0.4) is 0 Å². The van der Waals surface area contributed by atoms with Gasteiger partial charge in [0.2, 0.25) is 5.91 Å². The summed E-state index contributed by atoms with van der Waals surface area (Å²) in [6.45, 7) is 1.99. The minimum atomic E-state index is -1.43. The lowest BCUT2D eigenvalue weighted by Gasteiger charge is -2.11. The Balaban J connectivity index is 1.44. The highest BCUT2D eigenvalue weighted by Gasteiger charge is 2.26. The first-order chi connectivity index (χ1) is 20.2. The molecule has 1 heterocycles. The quantitative estimate of drug-likeness (QED) is 0.160. The van der Waals surface area contributed by atoms with Gasteiger partial charge in [-0.05, 0) is 74.6 Å². The molecule has 0 saturated carbocycles. The standard InChI is InChI=1S/C30H30N2O8S2/c1-2-40-30(39)25-21-10-5-3-4-6-11-23(21)42-27(25)32-24(33)16-41-19-9-7-8-18(15-19)31-26(34)20-13-12-17(28(35)36)14-22(20)29(37)38/h7-9,12-15H,2-6,10-11,16H2,1H3,(H,31,34)(H,32,33)(H,35,36)(H,37,38). The number of nitrogens with one attached hydrogen (secondary N) is 2. The van der Waals surface area contributed by atoms with E-state index in [0.717, 1.165) is 67.2 Å². The molecule has 0 unspecified atom stereocenters. The van der Waals surface area contributed by atoms with Gasteiger partial charge in [-0.3, -0.25) is 9.59 Å². The van der Waals surface area contributed by atoms with Gasteiger partial charge in [0.15, 0.2) is 0 Å². The zero-order valence-electron chi connectivity index (χ0n) is 22.9. The molecule has 0 radical (unpaired) electrons. The molecule has 220 valence electrons. The van der Waals surface area contributed by atoms with Gasteiger partial charge >= 0.3 is 17.9 Å². The van der Waals surface area contributed by atoms with Gasteiger partial charge in [-0.1, -0.05) is 18.9 Å². The Morgan fingerprint density at radius 1 is 0.905 bits per heavy atom. The summed E-state index contributed by atoms with van der Waals surface area (Å²) < 4.78 is 5.31. The number of thiophene rings is 1. The van der Waals surface area contributed by atoms with Gasteiger partial charge in [-0.2, -0.15) is 0 Å². The number of fused-ring (bicyclic) bond motifs is 1. The Hall–Kier alpha value is -4.16. The maximum atomic E-state index is 12.9. The minimum Gasteiger partial charge on any atom is -0.478 e. The number of hydrogen-bond acceptors (Lipinski definition) is 8. The van der Waals surface area contributed by atoms with Crippen LogP contribution in [-0.2, 0) is 22.4 Å². The number of rotatable bonds is 10. The van der Waals surface area contributed by atoms with Crippen molar-refractivity contribution in [2.45, 2.75) is 50.3 Å². The average Bonchev–Trinajstić information content (AvgIpc) is 3.27. The Labute approximate surface area is 250 Å². The third-order valence-corrected chi connectivity index (χ3v) is 8.81. The highest BCUT2D eigenvalue weighted by molar-refractivity contribution is 8.00. The Bertz CT molecular complexity index is 1530. The summed E-state index contributed by atoms with van der Waals surface area (Å²) >= 11 is 2.67. The summed E-state index contributed by atoms with van der Waals surface area (Å²) in [4.78, 5) is 63.2. The van der Waals surface area contributed by atoms with Crippen molar-refractivity contribution in [2.75, 3.05) is 23.0 Å². The molecule has 1 aliphatic carbocycles. The summed E-state index contributed by atoms with van der Waals surface area (Å²) in [6.07, 6.45) is 5.91. The Morgan fingerprint density at radius 2 is 1.67 bits per heavy atom. The first kappa shape index (κ1) is 30.8. The molecule has 2 aromatic carbocycles. The zero-order valence-corrected chi connectivity index (χ0v) is 24.5. The number of hydrogen-bond donors (Lipinski definition) is 4. The van der Waals surface area contributed by atoms with E-state index in [1.165, 1.54) is 23.1 Å². The van der Waals surface area contributed by atoms with Gasteiger partial charge in [0.25, 0.3) is 5.91 Å². The topological polar surface area (TPSA) is 159 Å². The molecule has 1 aliphatic rings. The third-order valence-electron chi connectivity index (χ3n) is 6.61. The van der Waals surface area contributed by atoms with E-state index in [0.29, 0.717) is 21.1 Å². The van der Waals surface area contributed by atoms with Crippen molar-refractivity contribution in [3.05, 3.63) is 75.2 Å². The lowest BCUT2D eigenvalue weighted by Crippen LogP contribution is -2.17. The molecule has 12 heteroatoms. The summed E-state index contributed by atoms with van der Waals surface area (Å²) in [7, 11) is 0. The molecule has 2 amide bonds. The number of carbonyl (C=O) groups is 5. The fourth-order valence-electron chi connectivity index (χ4n) is 4.65. The number of aryl methyl sites for hydroxylation is 1. The van der Waals surface area contributed by atoms with Gasteiger partial charge in [-0.15, -0.1) is 23.1 Å². The molecular weight excluding hydrogens is 580 g/mol.